The topological polar surface area (TPSA) is 58.6 Å². The number of hydrogen-bond donors (Lipinski definition) is 2. The van der Waals surface area contributed by atoms with Gasteiger partial charge in [-0.15, -0.1) is 0 Å². The second-order valence-electron chi connectivity index (χ2n) is 3.99. The number of ether oxygens (including phenoxy) is 1. The number of benzene rings is 1. The van der Waals surface area contributed by atoms with Gasteiger partial charge in [0, 0.05) is 6.04 Å². The molecule has 0 aliphatic heterocycles. The zero-order chi connectivity index (χ0) is 13.0. The van der Waals surface area contributed by atoms with Gasteiger partial charge in [0.1, 0.15) is 6.04 Å². The fourth-order valence-corrected chi connectivity index (χ4v) is 1.45. The van der Waals surface area contributed by atoms with Crippen molar-refractivity contribution in [3.8, 4) is 5.75 Å². The summed E-state index contributed by atoms with van der Waals surface area (Å²) in [6.07, 6.45) is 0. The molecule has 5 heteroatoms. The molecule has 0 aromatic heterocycles. The highest BCUT2D eigenvalue weighted by atomic mass is 19.1. The minimum Gasteiger partial charge on any atom is -0.505 e. The molecule has 1 aromatic rings. The Labute approximate surface area is 99.4 Å². The van der Waals surface area contributed by atoms with Gasteiger partial charge >= 0.3 is 5.97 Å². The maximum atomic E-state index is 13.2. The van der Waals surface area contributed by atoms with Crippen LogP contribution in [0.3, 0.4) is 0 Å². The van der Waals surface area contributed by atoms with E-state index in [2.05, 4.69) is 10.1 Å². The number of carbonyl (C=O) groups excluding carboxylic acids is 1. The summed E-state index contributed by atoms with van der Waals surface area (Å²) >= 11 is 0. The van der Waals surface area contributed by atoms with E-state index in [0.717, 1.165) is 6.07 Å². The van der Waals surface area contributed by atoms with Gasteiger partial charge in [0.15, 0.2) is 11.6 Å². The van der Waals surface area contributed by atoms with Crippen LogP contribution in [0.5, 0.6) is 5.75 Å². The highest BCUT2D eigenvalue weighted by Gasteiger charge is 2.22. The SMILES string of the molecule is COC(=O)C(NC(C)C)c1ccc(O)c(F)c1. The molecule has 1 atom stereocenters. The van der Waals surface area contributed by atoms with Crippen LogP contribution in [0.2, 0.25) is 0 Å². The molecule has 0 bridgehead atoms. The second-order valence-corrected chi connectivity index (χ2v) is 3.99. The average Bonchev–Trinajstić information content (AvgIpc) is 2.28. The Morgan fingerprint density at radius 1 is 1.47 bits per heavy atom. The van der Waals surface area contributed by atoms with Crippen molar-refractivity contribution in [2.24, 2.45) is 0 Å². The standard InChI is InChI=1S/C12H16FNO3/c1-7(2)14-11(12(16)17-3)8-4-5-10(15)9(13)6-8/h4-7,11,14-15H,1-3H3. The lowest BCUT2D eigenvalue weighted by atomic mass is 10.1. The van der Waals surface area contributed by atoms with Crippen LogP contribution in [0.1, 0.15) is 25.5 Å². The molecule has 1 aromatic carbocycles. The van der Waals surface area contributed by atoms with Gasteiger partial charge in [0.2, 0.25) is 0 Å². The van der Waals surface area contributed by atoms with Crippen LogP contribution in [0, 0.1) is 5.82 Å². The Kier molecular flexibility index (Phi) is 4.45. The van der Waals surface area contributed by atoms with Crippen LogP contribution in [0.4, 0.5) is 4.39 Å². The third kappa shape index (κ3) is 3.42. The van der Waals surface area contributed by atoms with E-state index in [-0.39, 0.29) is 6.04 Å². The van der Waals surface area contributed by atoms with Crippen LogP contribution < -0.4 is 5.32 Å². The van der Waals surface area contributed by atoms with Crippen molar-refractivity contribution in [3.05, 3.63) is 29.6 Å². The van der Waals surface area contributed by atoms with Crippen molar-refractivity contribution in [2.75, 3.05) is 7.11 Å². The number of carbonyl (C=O) groups is 1. The number of nitrogens with one attached hydrogen (secondary N) is 1. The molecular weight excluding hydrogens is 225 g/mol. The van der Waals surface area contributed by atoms with Gasteiger partial charge < -0.3 is 9.84 Å². The summed E-state index contributed by atoms with van der Waals surface area (Å²) in [5.74, 6) is -1.70. The summed E-state index contributed by atoms with van der Waals surface area (Å²) in [5.41, 5.74) is 0.417. The van der Waals surface area contributed by atoms with Crippen LogP contribution >= 0.6 is 0 Å². The molecule has 0 saturated carbocycles. The van der Waals surface area contributed by atoms with Crippen LogP contribution in [-0.4, -0.2) is 24.2 Å². The zero-order valence-electron chi connectivity index (χ0n) is 10.0. The summed E-state index contributed by atoms with van der Waals surface area (Å²) in [6.45, 7) is 3.74. The molecule has 0 heterocycles. The first-order chi connectivity index (χ1) is 7.95. The summed E-state index contributed by atoms with van der Waals surface area (Å²) in [6, 6.07) is 3.11. The Hall–Kier alpha value is -1.62. The van der Waals surface area contributed by atoms with E-state index in [0.29, 0.717) is 5.56 Å². The molecule has 1 unspecified atom stereocenters. The monoisotopic (exact) mass is 241 g/mol. The summed E-state index contributed by atoms with van der Waals surface area (Å²) < 4.78 is 17.9. The van der Waals surface area contributed by atoms with E-state index in [9.17, 15) is 9.18 Å². The summed E-state index contributed by atoms with van der Waals surface area (Å²) in [4.78, 5) is 11.6. The molecule has 1 rings (SSSR count). The van der Waals surface area contributed by atoms with Crippen molar-refractivity contribution >= 4 is 5.97 Å². The predicted octanol–water partition coefficient (Wildman–Crippen LogP) is 1.74. The third-order valence-electron chi connectivity index (χ3n) is 2.24. The molecule has 17 heavy (non-hydrogen) atoms. The highest BCUT2D eigenvalue weighted by molar-refractivity contribution is 5.77. The molecular formula is C12H16FNO3. The van der Waals surface area contributed by atoms with E-state index < -0.39 is 23.6 Å². The average molecular weight is 241 g/mol. The Morgan fingerprint density at radius 3 is 2.59 bits per heavy atom. The van der Waals surface area contributed by atoms with Crippen molar-refractivity contribution in [3.63, 3.8) is 0 Å². The first-order valence-electron chi connectivity index (χ1n) is 5.28. The maximum Gasteiger partial charge on any atom is 0.327 e. The summed E-state index contributed by atoms with van der Waals surface area (Å²) in [7, 11) is 1.27. The summed E-state index contributed by atoms with van der Waals surface area (Å²) in [5, 5.41) is 12.1. The van der Waals surface area contributed by atoms with E-state index in [1.54, 1.807) is 0 Å². The Balaban J connectivity index is 3.03. The first kappa shape index (κ1) is 13.4. The lowest BCUT2D eigenvalue weighted by Gasteiger charge is -2.19. The van der Waals surface area contributed by atoms with Gasteiger partial charge in [0.05, 0.1) is 7.11 Å². The van der Waals surface area contributed by atoms with Crippen LogP contribution in [0.15, 0.2) is 18.2 Å². The number of halogens is 1. The maximum absolute atomic E-state index is 13.2. The molecule has 0 fully saturated rings. The highest BCUT2D eigenvalue weighted by Crippen LogP contribution is 2.22. The van der Waals surface area contributed by atoms with E-state index in [1.807, 2.05) is 13.8 Å². The number of esters is 1. The quantitative estimate of drug-likeness (QED) is 0.788. The first-order valence-corrected chi connectivity index (χ1v) is 5.28. The predicted molar refractivity (Wildman–Crippen MR) is 61.1 cm³/mol. The van der Waals surface area contributed by atoms with Gasteiger partial charge in [0.25, 0.3) is 0 Å². The van der Waals surface area contributed by atoms with E-state index in [1.165, 1.54) is 19.2 Å². The molecule has 0 aliphatic rings. The zero-order valence-corrected chi connectivity index (χ0v) is 10.0. The van der Waals surface area contributed by atoms with Gasteiger partial charge in [-0.3, -0.25) is 5.32 Å². The minimum atomic E-state index is -0.762. The molecule has 0 radical (unpaired) electrons. The second kappa shape index (κ2) is 5.63. The van der Waals surface area contributed by atoms with Crippen molar-refractivity contribution < 1.29 is 19.0 Å². The van der Waals surface area contributed by atoms with E-state index in [4.69, 9.17) is 5.11 Å². The van der Waals surface area contributed by atoms with E-state index >= 15 is 0 Å². The van der Waals surface area contributed by atoms with Crippen molar-refractivity contribution in [1.29, 1.82) is 0 Å². The fraction of sp³-hybridized carbons (Fsp3) is 0.417. The lowest BCUT2D eigenvalue weighted by Crippen LogP contribution is -2.34. The fourth-order valence-electron chi connectivity index (χ4n) is 1.45. The lowest BCUT2D eigenvalue weighted by molar-refractivity contribution is -0.143. The smallest absolute Gasteiger partial charge is 0.327 e. The largest absolute Gasteiger partial charge is 0.505 e. The van der Waals surface area contributed by atoms with Crippen LogP contribution in [-0.2, 0) is 9.53 Å². The molecule has 2 N–H and O–H groups in total. The van der Waals surface area contributed by atoms with Gasteiger partial charge in [-0.2, -0.15) is 0 Å². The van der Waals surface area contributed by atoms with Crippen LogP contribution in [0.25, 0.3) is 0 Å². The molecule has 0 amide bonds. The van der Waals surface area contributed by atoms with Gasteiger partial charge in [-0.05, 0) is 31.5 Å². The Bertz CT molecular complexity index is 407. The molecule has 4 nitrogen and oxygen atoms in total. The van der Waals surface area contributed by atoms with Gasteiger partial charge in [-0.1, -0.05) is 6.07 Å². The number of aromatic hydroxyl groups is 1. The number of rotatable bonds is 4. The molecule has 94 valence electrons. The number of phenols is 1. The number of hydrogen-bond acceptors (Lipinski definition) is 4. The third-order valence-corrected chi connectivity index (χ3v) is 2.24. The number of phenolic OH excluding ortho intramolecular Hbond substituents is 1. The molecule has 0 aliphatic carbocycles. The van der Waals surface area contributed by atoms with Gasteiger partial charge in [-0.25, -0.2) is 9.18 Å². The normalized spacial score (nSPS) is 12.5. The molecule has 0 spiro atoms. The number of methoxy groups -OCH3 is 1. The molecule has 0 saturated heterocycles. The van der Waals surface area contributed by atoms with Crippen molar-refractivity contribution in [1.82, 2.24) is 5.32 Å². The minimum absolute atomic E-state index is 0.0379. The Morgan fingerprint density at radius 2 is 2.12 bits per heavy atom. The van der Waals surface area contributed by atoms with Crippen molar-refractivity contribution in [2.45, 2.75) is 25.9 Å².